The summed E-state index contributed by atoms with van der Waals surface area (Å²) < 4.78 is 39.0. The van der Waals surface area contributed by atoms with Gasteiger partial charge in [-0.15, -0.1) is 0 Å². The van der Waals surface area contributed by atoms with Gasteiger partial charge in [-0.05, 0) is 24.5 Å². The average molecular weight is 288 g/mol. The first-order valence-corrected chi connectivity index (χ1v) is 10.0. The summed E-state index contributed by atoms with van der Waals surface area (Å²) in [6, 6.07) is 6.00. The van der Waals surface area contributed by atoms with Crippen LogP contribution >= 0.6 is 0 Å². The highest BCUT2D eigenvalue weighted by Crippen LogP contribution is 2.40. The van der Waals surface area contributed by atoms with Gasteiger partial charge in [0.05, 0.1) is 13.5 Å². The number of alkyl halides is 3. The molecule has 0 N–H and O–H groups in total. The van der Waals surface area contributed by atoms with Crippen molar-refractivity contribution < 1.29 is 13.2 Å². The summed E-state index contributed by atoms with van der Waals surface area (Å²) in [7, 11) is -1.49. The number of hydrogen-bond donors (Lipinski definition) is 0. The monoisotopic (exact) mass is 288 g/mol. The van der Waals surface area contributed by atoms with Crippen LogP contribution in [0.25, 0.3) is 0 Å². The molecule has 0 aliphatic carbocycles. The average Bonchev–Trinajstić information content (AvgIpc) is 2.17. The maximum atomic E-state index is 13.0. The van der Waals surface area contributed by atoms with Crippen molar-refractivity contribution in [2.45, 2.75) is 53.0 Å². The number of halogens is 3. The van der Waals surface area contributed by atoms with Gasteiger partial charge in [0.25, 0.3) is 0 Å². The zero-order valence-corrected chi connectivity index (χ0v) is 13.6. The molecule has 0 atom stereocenters. The highest BCUT2D eigenvalue weighted by atomic mass is 28.3. The van der Waals surface area contributed by atoms with Gasteiger partial charge in [0.15, 0.2) is 0 Å². The number of rotatable bonds is 3. The maximum absolute atomic E-state index is 13.0. The maximum Gasteiger partial charge on any atom is 0.394 e. The van der Waals surface area contributed by atoms with Crippen LogP contribution in [0.5, 0.6) is 0 Å². The van der Waals surface area contributed by atoms with Crippen molar-refractivity contribution in [3.05, 3.63) is 29.3 Å². The van der Waals surface area contributed by atoms with Gasteiger partial charge < -0.3 is 0 Å². The molecule has 0 heterocycles. The van der Waals surface area contributed by atoms with E-state index in [-0.39, 0.29) is 6.42 Å². The molecule has 0 bridgehead atoms. The zero-order chi connectivity index (χ0) is 15.1. The molecule has 0 fully saturated rings. The highest BCUT2D eigenvalue weighted by molar-refractivity contribution is 6.88. The molecule has 0 saturated heterocycles. The van der Waals surface area contributed by atoms with Gasteiger partial charge in [-0.1, -0.05) is 56.9 Å². The van der Waals surface area contributed by atoms with E-state index in [9.17, 15) is 13.2 Å². The smallest absolute Gasteiger partial charge is 0.171 e. The van der Waals surface area contributed by atoms with Crippen molar-refractivity contribution >= 4 is 13.3 Å². The fourth-order valence-corrected chi connectivity index (χ4v) is 3.10. The number of aryl methyl sites for hydroxylation is 1. The second-order valence-corrected chi connectivity index (χ2v) is 12.0. The minimum absolute atomic E-state index is 0.0423. The largest absolute Gasteiger partial charge is 0.394 e. The topological polar surface area (TPSA) is 0 Å². The van der Waals surface area contributed by atoms with E-state index in [1.54, 1.807) is 0 Å². The highest BCUT2D eigenvalue weighted by Gasteiger charge is 2.47. The Morgan fingerprint density at radius 1 is 1.05 bits per heavy atom. The Bertz CT molecular complexity index is 453. The van der Waals surface area contributed by atoms with Gasteiger partial charge in [-0.3, -0.25) is 0 Å². The van der Waals surface area contributed by atoms with Crippen LogP contribution in [-0.4, -0.2) is 14.3 Å². The van der Waals surface area contributed by atoms with E-state index in [1.165, 1.54) is 19.0 Å². The molecule has 0 aromatic heterocycles. The van der Waals surface area contributed by atoms with Crippen LogP contribution in [0, 0.1) is 12.3 Å². The van der Waals surface area contributed by atoms with Crippen LogP contribution in [0.3, 0.4) is 0 Å². The fourth-order valence-electron chi connectivity index (χ4n) is 1.90. The molecule has 1 aromatic carbocycles. The standard InChI is InChI=1S/C15H23F3Si/c1-11-7-8-13(19(4,5)6)9-12(11)10-14(2,3)15(16,17)18/h7-9H,10H2,1-6H3. The summed E-state index contributed by atoms with van der Waals surface area (Å²) >= 11 is 0. The summed E-state index contributed by atoms with van der Waals surface area (Å²) in [5, 5.41) is 1.21. The van der Waals surface area contributed by atoms with E-state index in [1.807, 2.05) is 19.1 Å². The quantitative estimate of drug-likeness (QED) is 0.709. The Balaban J connectivity index is 3.15. The van der Waals surface area contributed by atoms with E-state index in [0.29, 0.717) is 0 Å². The molecule has 1 aromatic rings. The summed E-state index contributed by atoms with van der Waals surface area (Å²) in [4.78, 5) is 0. The Morgan fingerprint density at radius 2 is 1.58 bits per heavy atom. The molecular weight excluding hydrogens is 265 g/mol. The van der Waals surface area contributed by atoms with E-state index >= 15 is 0 Å². The molecule has 108 valence electrons. The Morgan fingerprint density at radius 3 is 2.00 bits per heavy atom. The van der Waals surface area contributed by atoms with Gasteiger partial charge >= 0.3 is 6.18 Å². The zero-order valence-electron chi connectivity index (χ0n) is 12.6. The molecule has 0 amide bonds. The van der Waals surface area contributed by atoms with Crippen LogP contribution in [0.1, 0.15) is 25.0 Å². The second kappa shape index (κ2) is 4.96. The first-order valence-electron chi connectivity index (χ1n) is 6.51. The lowest BCUT2D eigenvalue weighted by molar-refractivity contribution is -0.211. The predicted octanol–water partition coefficient (Wildman–Crippen LogP) is 4.67. The molecule has 0 saturated carbocycles. The Hall–Kier alpha value is -0.773. The molecule has 0 aliphatic heterocycles. The summed E-state index contributed by atoms with van der Waals surface area (Å²) in [6.07, 6.45) is -4.13. The third-order valence-electron chi connectivity index (χ3n) is 3.61. The lowest BCUT2D eigenvalue weighted by atomic mass is 9.84. The minimum Gasteiger partial charge on any atom is -0.171 e. The van der Waals surface area contributed by atoms with Crippen molar-refractivity contribution in [1.29, 1.82) is 0 Å². The van der Waals surface area contributed by atoms with E-state index < -0.39 is 19.7 Å². The first-order chi connectivity index (χ1) is 8.34. The molecular formula is C15H23F3Si. The third-order valence-corrected chi connectivity index (χ3v) is 5.66. The fraction of sp³-hybridized carbons (Fsp3) is 0.600. The SMILES string of the molecule is Cc1ccc([Si](C)(C)C)cc1CC(C)(C)C(F)(F)F. The van der Waals surface area contributed by atoms with Crippen LogP contribution < -0.4 is 5.19 Å². The van der Waals surface area contributed by atoms with E-state index in [2.05, 4.69) is 25.7 Å². The van der Waals surface area contributed by atoms with Crippen LogP contribution in [0.4, 0.5) is 13.2 Å². The Kier molecular flexibility index (Phi) is 4.25. The molecule has 4 heteroatoms. The van der Waals surface area contributed by atoms with Crippen molar-refractivity contribution in [3.8, 4) is 0 Å². The van der Waals surface area contributed by atoms with Gasteiger partial charge in [-0.2, -0.15) is 13.2 Å². The normalized spacial score (nSPS) is 13.7. The first kappa shape index (κ1) is 16.3. The molecule has 0 spiro atoms. The molecule has 1 rings (SSSR count). The molecule has 0 aliphatic rings. The lowest BCUT2D eigenvalue weighted by Crippen LogP contribution is -2.39. The predicted molar refractivity (Wildman–Crippen MR) is 77.7 cm³/mol. The van der Waals surface area contributed by atoms with Crippen LogP contribution in [-0.2, 0) is 6.42 Å². The molecule has 19 heavy (non-hydrogen) atoms. The third kappa shape index (κ3) is 3.85. The second-order valence-electron chi connectivity index (χ2n) is 6.95. The van der Waals surface area contributed by atoms with Gasteiger partial charge in [-0.25, -0.2) is 0 Å². The van der Waals surface area contributed by atoms with Crippen LogP contribution in [0.2, 0.25) is 19.6 Å². The summed E-state index contributed by atoms with van der Waals surface area (Å²) in [6.45, 7) is 11.0. The van der Waals surface area contributed by atoms with E-state index in [0.717, 1.165) is 11.1 Å². The van der Waals surface area contributed by atoms with Crippen LogP contribution in [0.15, 0.2) is 18.2 Å². The summed E-state index contributed by atoms with van der Waals surface area (Å²) in [5.74, 6) is 0. The van der Waals surface area contributed by atoms with Crippen molar-refractivity contribution in [1.82, 2.24) is 0 Å². The van der Waals surface area contributed by atoms with Crippen molar-refractivity contribution in [2.75, 3.05) is 0 Å². The number of hydrogen-bond acceptors (Lipinski definition) is 0. The van der Waals surface area contributed by atoms with Gasteiger partial charge in [0.1, 0.15) is 0 Å². The minimum atomic E-state index is -4.17. The molecule has 0 radical (unpaired) electrons. The summed E-state index contributed by atoms with van der Waals surface area (Å²) in [5.41, 5.74) is 0.0806. The lowest BCUT2D eigenvalue weighted by Gasteiger charge is -2.29. The van der Waals surface area contributed by atoms with Gasteiger partial charge in [0, 0.05) is 0 Å². The van der Waals surface area contributed by atoms with Crippen molar-refractivity contribution in [3.63, 3.8) is 0 Å². The molecule has 0 nitrogen and oxygen atoms in total. The number of benzene rings is 1. The van der Waals surface area contributed by atoms with Crippen molar-refractivity contribution in [2.24, 2.45) is 5.41 Å². The Labute approximate surface area is 115 Å². The van der Waals surface area contributed by atoms with E-state index in [4.69, 9.17) is 0 Å². The molecule has 0 unspecified atom stereocenters. The van der Waals surface area contributed by atoms with Gasteiger partial charge in [0.2, 0.25) is 0 Å².